The van der Waals surface area contributed by atoms with E-state index in [2.05, 4.69) is 11.4 Å². The normalized spacial score (nSPS) is 11.7. The van der Waals surface area contributed by atoms with Gasteiger partial charge in [0.05, 0.1) is 6.07 Å². The van der Waals surface area contributed by atoms with Crippen molar-refractivity contribution >= 4 is 17.2 Å². The first-order valence-electron chi connectivity index (χ1n) is 4.50. The molecular weight excluding hydrogens is 196 g/mol. The van der Waals surface area contributed by atoms with E-state index in [9.17, 15) is 4.79 Å². The molecule has 14 heavy (non-hydrogen) atoms. The summed E-state index contributed by atoms with van der Waals surface area (Å²) in [6.45, 7) is 1.94. The average Bonchev–Trinajstić information content (AvgIpc) is 2.67. The molecule has 74 valence electrons. The van der Waals surface area contributed by atoms with Gasteiger partial charge in [-0.2, -0.15) is 5.26 Å². The zero-order valence-corrected chi connectivity index (χ0v) is 8.80. The van der Waals surface area contributed by atoms with Crippen LogP contribution in [-0.2, 0) is 4.79 Å². The van der Waals surface area contributed by atoms with Gasteiger partial charge in [-0.25, -0.2) is 0 Å². The number of amides is 1. The Hall–Kier alpha value is -1.34. The number of carbonyl (C=O) groups excluding carboxylic acids is 1. The zero-order valence-electron chi connectivity index (χ0n) is 7.99. The number of nitrogens with one attached hydrogen (secondary N) is 1. The molecule has 0 saturated heterocycles. The quantitative estimate of drug-likeness (QED) is 0.824. The molecule has 4 heteroatoms. The molecule has 0 aromatic carbocycles. The van der Waals surface area contributed by atoms with Crippen LogP contribution in [0.1, 0.15) is 30.7 Å². The van der Waals surface area contributed by atoms with Gasteiger partial charge in [-0.05, 0) is 17.9 Å². The molecule has 0 aliphatic carbocycles. The summed E-state index contributed by atoms with van der Waals surface area (Å²) in [5.41, 5.74) is 0. The summed E-state index contributed by atoms with van der Waals surface area (Å²) in [7, 11) is 0. The highest BCUT2D eigenvalue weighted by atomic mass is 32.1. The van der Waals surface area contributed by atoms with Crippen molar-refractivity contribution in [1.29, 1.82) is 5.26 Å². The first-order valence-corrected chi connectivity index (χ1v) is 5.38. The van der Waals surface area contributed by atoms with E-state index in [1.165, 1.54) is 11.3 Å². The zero-order chi connectivity index (χ0) is 10.4. The topological polar surface area (TPSA) is 52.9 Å². The highest BCUT2D eigenvalue weighted by Gasteiger charge is 2.13. The number of rotatable bonds is 4. The van der Waals surface area contributed by atoms with Crippen molar-refractivity contribution < 1.29 is 4.79 Å². The molecule has 1 atom stereocenters. The summed E-state index contributed by atoms with van der Waals surface area (Å²) in [6, 6.07) is 5.30. The van der Waals surface area contributed by atoms with E-state index >= 15 is 0 Å². The highest BCUT2D eigenvalue weighted by Crippen LogP contribution is 2.18. The summed E-state index contributed by atoms with van der Waals surface area (Å²) < 4.78 is 0. The second-order valence-electron chi connectivity index (χ2n) is 2.90. The molecule has 1 aromatic heterocycles. The molecule has 0 saturated carbocycles. The van der Waals surface area contributed by atoms with E-state index in [0.29, 0.717) is 6.42 Å². The van der Waals surface area contributed by atoms with Crippen LogP contribution in [0.15, 0.2) is 17.5 Å². The third-order valence-corrected chi connectivity index (χ3v) is 2.68. The lowest BCUT2D eigenvalue weighted by molar-refractivity contribution is -0.121. The van der Waals surface area contributed by atoms with Crippen molar-refractivity contribution in [2.75, 3.05) is 0 Å². The molecule has 0 fully saturated rings. The Balaban J connectivity index is 2.57. The predicted octanol–water partition coefficient (Wildman–Crippen LogP) is 2.23. The molecule has 0 aliphatic heterocycles. The Morgan fingerprint density at radius 3 is 3.07 bits per heavy atom. The van der Waals surface area contributed by atoms with E-state index in [4.69, 9.17) is 5.26 Å². The van der Waals surface area contributed by atoms with Crippen molar-refractivity contribution in [3.8, 4) is 6.07 Å². The van der Waals surface area contributed by atoms with Crippen LogP contribution in [-0.4, -0.2) is 5.91 Å². The van der Waals surface area contributed by atoms with Crippen LogP contribution in [0, 0.1) is 11.3 Å². The van der Waals surface area contributed by atoms with E-state index in [0.717, 1.165) is 11.3 Å². The maximum atomic E-state index is 11.2. The van der Waals surface area contributed by atoms with Gasteiger partial charge in [-0.3, -0.25) is 4.79 Å². The van der Waals surface area contributed by atoms with Crippen molar-refractivity contribution in [3.05, 3.63) is 22.4 Å². The summed E-state index contributed by atoms with van der Waals surface area (Å²) >= 11 is 1.48. The van der Waals surface area contributed by atoms with Crippen LogP contribution >= 0.6 is 11.3 Å². The lowest BCUT2D eigenvalue weighted by Crippen LogP contribution is -2.26. The number of hydrogen-bond acceptors (Lipinski definition) is 3. The average molecular weight is 208 g/mol. The minimum atomic E-state index is -0.492. The summed E-state index contributed by atoms with van der Waals surface area (Å²) in [6.07, 6.45) is 1.28. The van der Waals surface area contributed by atoms with E-state index < -0.39 is 6.04 Å². The van der Waals surface area contributed by atoms with Crippen LogP contribution in [0.3, 0.4) is 0 Å². The number of hydrogen-bond donors (Lipinski definition) is 1. The van der Waals surface area contributed by atoms with Crippen LogP contribution in [0.5, 0.6) is 0 Å². The van der Waals surface area contributed by atoms with Gasteiger partial charge < -0.3 is 5.32 Å². The first-order chi connectivity index (χ1) is 6.77. The van der Waals surface area contributed by atoms with E-state index in [1.807, 2.05) is 24.4 Å². The van der Waals surface area contributed by atoms with Crippen LogP contribution in [0.2, 0.25) is 0 Å². The third kappa shape index (κ3) is 2.86. The molecule has 0 spiro atoms. The van der Waals surface area contributed by atoms with Crippen LogP contribution in [0.25, 0.3) is 0 Å². The summed E-state index contributed by atoms with van der Waals surface area (Å²) in [4.78, 5) is 12.1. The van der Waals surface area contributed by atoms with Crippen molar-refractivity contribution in [1.82, 2.24) is 5.32 Å². The lowest BCUT2D eigenvalue weighted by Gasteiger charge is -2.08. The fourth-order valence-corrected chi connectivity index (χ4v) is 1.80. The Morgan fingerprint density at radius 2 is 2.57 bits per heavy atom. The monoisotopic (exact) mass is 208 g/mol. The second kappa shape index (κ2) is 5.40. The van der Waals surface area contributed by atoms with Gasteiger partial charge in [0.15, 0.2) is 6.04 Å². The molecule has 1 N–H and O–H groups in total. The molecule has 1 unspecified atom stereocenters. The summed E-state index contributed by atoms with van der Waals surface area (Å²) in [5.74, 6) is -0.0625. The standard InChI is InChI=1S/C10H12N2OS/c1-2-4-10(13)12-8(7-11)9-5-3-6-14-9/h3,5-6,8H,2,4H2,1H3,(H,12,13). The summed E-state index contributed by atoms with van der Waals surface area (Å²) in [5, 5.41) is 13.4. The highest BCUT2D eigenvalue weighted by molar-refractivity contribution is 7.10. The molecule has 1 aromatic rings. The molecule has 1 amide bonds. The second-order valence-corrected chi connectivity index (χ2v) is 3.87. The lowest BCUT2D eigenvalue weighted by atomic mass is 10.2. The number of thiophene rings is 1. The Labute approximate surface area is 87.4 Å². The molecule has 0 bridgehead atoms. The Bertz CT molecular complexity index is 326. The first kappa shape index (κ1) is 10.7. The smallest absolute Gasteiger partial charge is 0.221 e. The molecule has 1 rings (SSSR count). The van der Waals surface area contributed by atoms with Crippen molar-refractivity contribution in [2.45, 2.75) is 25.8 Å². The maximum absolute atomic E-state index is 11.2. The number of carbonyl (C=O) groups is 1. The van der Waals surface area contributed by atoms with Crippen molar-refractivity contribution in [2.24, 2.45) is 0 Å². The fraction of sp³-hybridized carbons (Fsp3) is 0.400. The SMILES string of the molecule is CCCC(=O)NC(C#N)c1cccs1. The third-order valence-electron chi connectivity index (χ3n) is 1.74. The fourth-order valence-electron chi connectivity index (χ4n) is 1.08. The molecule has 1 heterocycles. The Kier molecular flexibility index (Phi) is 4.14. The molecular formula is C10H12N2OS. The van der Waals surface area contributed by atoms with Crippen LogP contribution < -0.4 is 5.32 Å². The van der Waals surface area contributed by atoms with Crippen molar-refractivity contribution in [3.63, 3.8) is 0 Å². The van der Waals surface area contributed by atoms with E-state index in [1.54, 1.807) is 0 Å². The van der Waals surface area contributed by atoms with Gasteiger partial charge in [-0.15, -0.1) is 11.3 Å². The largest absolute Gasteiger partial charge is 0.336 e. The van der Waals surface area contributed by atoms with Gasteiger partial charge in [0.2, 0.25) is 5.91 Å². The van der Waals surface area contributed by atoms with Gasteiger partial charge in [0.1, 0.15) is 0 Å². The Morgan fingerprint density at radius 1 is 1.79 bits per heavy atom. The maximum Gasteiger partial charge on any atom is 0.221 e. The van der Waals surface area contributed by atoms with Crippen LogP contribution in [0.4, 0.5) is 0 Å². The number of nitriles is 1. The molecule has 0 aliphatic rings. The minimum Gasteiger partial charge on any atom is -0.336 e. The predicted molar refractivity (Wildman–Crippen MR) is 55.7 cm³/mol. The minimum absolute atomic E-state index is 0.0625. The van der Waals surface area contributed by atoms with Gasteiger partial charge in [0.25, 0.3) is 0 Å². The molecule has 0 radical (unpaired) electrons. The van der Waals surface area contributed by atoms with Gasteiger partial charge in [-0.1, -0.05) is 13.0 Å². The van der Waals surface area contributed by atoms with Gasteiger partial charge in [0, 0.05) is 11.3 Å². The molecule has 3 nitrogen and oxygen atoms in total. The van der Waals surface area contributed by atoms with E-state index in [-0.39, 0.29) is 5.91 Å². The number of nitrogens with zero attached hydrogens (tertiary/aromatic N) is 1. The van der Waals surface area contributed by atoms with Gasteiger partial charge >= 0.3 is 0 Å².